The maximum atomic E-state index is 11.6. The molecule has 4 heteroatoms. The highest BCUT2D eigenvalue weighted by molar-refractivity contribution is 5.84. The summed E-state index contributed by atoms with van der Waals surface area (Å²) >= 11 is 0. The zero-order chi connectivity index (χ0) is 10.3. The second-order valence-corrected chi connectivity index (χ2v) is 4.07. The zero-order valence-corrected chi connectivity index (χ0v) is 8.21. The topological polar surface area (TPSA) is 81.1 Å². The number of nitrogens with one attached hydrogen (secondary N) is 1. The first-order valence-electron chi connectivity index (χ1n) is 4.83. The third-order valence-electron chi connectivity index (χ3n) is 2.83. The van der Waals surface area contributed by atoms with Gasteiger partial charge in [0.1, 0.15) is 0 Å². The van der Waals surface area contributed by atoms with Gasteiger partial charge in [-0.1, -0.05) is 5.57 Å². The molecule has 76 valence electrons. The van der Waals surface area contributed by atoms with E-state index in [0.29, 0.717) is 17.8 Å². The van der Waals surface area contributed by atoms with Crippen LogP contribution in [0.2, 0.25) is 0 Å². The van der Waals surface area contributed by atoms with Crippen molar-refractivity contribution in [3.05, 3.63) is 23.0 Å². The van der Waals surface area contributed by atoms with Crippen molar-refractivity contribution in [1.82, 2.24) is 5.32 Å². The Morgan fingerprint density at radius 3 is 2.86 bits per heavy atom. The van der Waals surface area contributed by atoms with Gasteiger partial charge in [0.2, 0.25) is 5.91 Å². The van der Waals surface area contributed by atoms with Gasteiger partial charge in [-0.2, -0.15) is 0 Å². The summed E-state index contributed by atoms with van der Waals surface area (Å²) in [5.74, 6) is -0.0102. The van der Waals surface area contributed by atoms with Crippen LogP contribution < -0.4 is 16.8 Å². The van der Waals surface area contributed by atoms with Crippen molar-refractivity contribution in [3.63, 3.8) is 0 Å². The van der Waals surface area contributed by atoms with Crippen LogP contribution in [0.25, 0.3) is 0 Å². The maximum Gasteiger partial charge on any atom is 0.227 e. The molecule has 2 aliphatic rings. The third kappa shape index (κ3) is 1.36. The number of hydrogen-bond donors (Lipinski definition) is 3. The Balaban J connectivity index is 2.31. The summed E-state index contributed by atoms with van der Waals surface area (Å²) in [6.45, 7) is 1.99. The van der Waals surface area contributed by atoms with Gasteiger partial charge in [-0.05, 0) is 19.4 Å². The number of fused-ring (bicyclic) bond motifs is 1. The van der Waals surface area contributed by atoms with Crippen LogP contribution in [-0.2, 0) is 4.79 Å². The van der Waals surface area contributed by atoms with Crippen LogP contribution >= 0.6 is 0 Å². The van der Waals surface area contributed by atoms with Gasteiger partial charge in [0.15, 0.2) is 0 Å². The molecule has 14 heavy (non-hydrogen) atoms. The number of rotatable bonds is 0. The van der Waals surface area contributed by atoms with Gasteiger partial charge in [0.05, 0.1) is 11.6 Å². The van der Waals surface area contributed by atoms with Gasteiger partial charge >= 0.3 is 0 Å². The smallest absolute Gasteiger partial charge is 0.227 e. The fourth-order valence-electron chi connectivity index (χ4n) is 2.07. The number of hydrogen-bond acceptors (Lipinski definition) is 3. The zero-order valence-electron chi connectivity index (χ0n) is 8.21. The van der Waals surface area contributed by atoms with E-state index in [-0.39, 0.29) is 17.9 Å². The lowest BCUT2D eigenvalue weighted by Gasteiger charge is -2.32. The molecule has 1 aliphatic heterocycles. The van der Waals surface area contributed by atoms with Crippen molar-refractivity contribution in [2.24, 2.45) is 17.4 Å². The lowest BCUT2D eigenvalue weighted by atomic mass is 9.81. The molecule has 1 amide bonds. The number of carbonyl (C=O) groups is 1. The van der Waals surface area contributed by atoms with Gasteiger partial charge < -0.3 is 16.8 Å². The minimum atomic E-state index is -0.0847. The normalized spacial score (nSPS) is 32.1. The van der Waals surface area contributed by atoms with E-state index in [2.05, 4.69) is 5.32 Å². The standard InChI is InChI=1S/C10H15N3O/c1-5-2-6-3-8(11)9(12)4-7(6)10(14)13-5/h3,5,7H,2,4,11-12H2,1H3,(H,13,14). The molecule has 1 saturated heterocycles. The second kappa shape index (κ2) is 3.04. The van der Waals surface area contributed by atoms with Crippen molar-refractivity contribution in [2.75, 3.05) is 0 Å². The molecular formula is C10H15N3O. The first-order chi connectivity index (χ1) is 6.58. The van der Waals surface area contributed by atoms with Crippen LogP contribution in [-0.4, -0.2) is 11.9 Å². The fourth-order valence-corrected chi connectivity index (χ4v) is 2.07. The summed E-state index contributed by atoms with van der Waals surface area (Å²) in [5, 5.41) is 2.92. The lowest BCUT2D eigenvalue weighted by molar-refractivity contribution is -0.125. The molecule has 0 aromatic rings. The molecule has 0 spiro atoms. The van der Waals surface area contributed by atoms with E-state index in [4.69, 9.17) is 11.5 Å². The summed E-state index contributed by atoms with van der Waals surface area (Å²) in [6.07, 6.45) is 3.30. The molecule has 0 radical (unpaired) electrons. The van der Waals surface area contributed by atoms with Crippen molar-refractivity contribution in [1.29, 1.82) is 0 Å². The highest BCUT2D eigenvalue weighted by atomic mass is 16.2. The SMILES string of the molecule is CC1CC2=CC(N)=C(N)CC2C(=O)N1. The molecule has 2 unspecified atom stereocenters. The lowest BCUT2D eigenvalue weighted by Crippen LogP contribution is -2.45. The fraction of sp³-hybridized carbons (Fsp3) is 0.500. The molecule has 0 aromatic heterocycles. The number of amides is 1. The monoisotopic (exact) mass is 193 g/mol. The van der Waals surface area contributed by atoms with E-state index in [1.54, 1.807) is 0 Å². The number of nitrogens with two attached hydrogens (primary N) is 2. The number of carbonyl (C=O) groups excluding carboxylic acids is 1. The van der Waals surface area contributed by atoms with Crippen molar-refractivity contribution in [3.8, 4) is 0 Å². The Kier molecular flexibility index (Phi) is 1.98. The summed E-state index contributed by atoms with van der Waals surface area (Å²) < 4.78 is 0. The molecule has 4 nitrogen and oxygen atoms in total. The second-order valence-electron chi connectivity index (χ2n) is 4.07. The predicted octanol–water partition coefficient (Wildman–Crippen LogP) is -0.0299. The first-order valence-corrected chi connectivity index (χ1v) is 4.83. The van der Waals surface area contributed by atoms with Gasteiger partial charge in [0, 0.05) is 18.2 Å². The first kappa shape index (κ1) is 9.12. The average molecular weight is 193 g/mol. The number of allylic oxidation sites excluding steroid dienone is 2. The van der Waals surface area contributed by atoms with Gasteiger partial charge in [-0.25, -0.2) is 0 Å². The highest BCUT2D eigenvalue weighted by Crippen LogP contribution is 2.31. The number of piperidine rings is 1. The summed E-state index contributed by atoms with van der Waals surface area (Å²) in [7, 11) is 0. The van der Waals surface area contributed by atoms with E-state index in [1.807, 2.05) is 13.0 Å². The molecular weight excluding hydrogens is 178 g/mol. The van der Waals surface area contributed by atoms with Crippen molar-refractivity contribution < 1.29 is 4.79 Å². The average Bonchev–Trinajstić information content (AvgIpc) is 2.08. The Hall–Kier alpha value is -1.45. The summed E-state index contributed by atoms with van der Waals surface area (Å²) in [5.41, 5.74) is 13.8. The van der Waals surface area contributed by atoms with Gasteiger partial charge in [-0.15, -0.1) is 0 Å². The van der Waals surface area contributed by atoms with Crippen LogP contribution in [0.4, 0.5) is 0 Å². The maximum absolute atomic E-state index is 11.6. The van der Waals surface area contributed by atoms with Crippen LogP contribution in [0.1, 0.15) is 19.8 Å². The summed E-state index contributed by atoms with van der Waals surface area (Å²) in [6, 6.07) is 0.206. The van der Waals surface area contributed by atoms with Crippen LogP contribution in [0.15, 0.2) is 23.0 Å². The van der Waals surface area contributed by atoms with Crippen LogP contribution in [0.3, 0.4) is 0 Å². The molecule has 1 fully saturated rings. The van der Waals surface area contributed by atoms with E-state index in [9.17, 15) is 4.79 Å². The van der Waals surface area contributed by atoms with E-state index >= 15 is 0 Å². The van der Waals surface area contributed by atoms with Crippen molar-refractivity contribution >= 4 is 5.91 Å². The Bertz CT molecular complexity index is 343. The van der Waals surface area contributed by atoms with E-state index in [1.165, 1.54) is 0 Å². The molecule has 0 bridgehead atoms. The Labute approximate surface area is 83.0 Å². The highest BCUT2D eigenvalue weighted by Gasteiger charge is 2.32. The van der Waals surface area contributed by atoms with Crippen LogP contribution in [0.5, 0.6) is 0 Å². The quantitative estimate of drug-likeness (QED) is 0.505. The largest absolute Gasteiger partial charge is 0.400 e. The summed E-state index contributed by atoms with van der Waals surface area (Å²) in [4.78, 5) is 11.6. The molecule has 1 heterocycles. The van der Waals surface area contributed by atoms with E-state index in [0.717, 1.165) is 12.0 Å². The molecule has 2 rings (SSSR count). The predicted molar refractivity (Wildman–Crippen MR) is 53.8 cm³/mol. The Morgan fingerprint density at radius 1 is 1.43 bits per heavy atom. The van der Waals surface area contributed by atoms with Gasteiger partial charge in [-0.3, -0.25) is 4.79 Å². The minimum Gasteiger partial charge on any atom is -0.400 e. The van der Waals surface area contributed by atoms with E-state index < -0.39 is 0 Å². The Morgan fingerprint density at radius 2 is 2.14 bits per heavy atom. The molecule has 0 aromatic carbocycles. The molecule has 0 saturated carbocycles. The third-order valence-corrected chi connectivity index (χ3v) is 2.83. The minimum absolute atomic E-state index is 0.0745. The molecule has 2 atom stereocenters. The molecule has 1 aliphatic carbocycles. The van der Waals surface area contributed by atoms with Gasteiger partial charge in [0.25, 0.3) is 0 Å². The van der Waals surface area contributed by atoms with Crippen LogP contribution in [0, 0.1) is 5.92 Å². The van der Waals surface area contributed by atoms with Crippen molar-refractivity contribution in [2.45, 2.75) is 25.8 Å². The molecule has 5 N–H and O–H groups in total.